The predicted molar refractivity (Wildman–Crippen MR) is 215 cm³/mol. The predicted octanol–water partition coefficient (Wildman–Crippen LogP) is 13.5. The van der Waals surface area contributed by atoms with Gasteiger partial charge < -0.3 is 13.1 Å². The van der Waals surface area contributed by atoms with Gasteiger partial charge in [0.1, 0.15) is 0 Å². The van der Waals surface area contributed by atoms with E-state index in [1.807, 2.05) is 57.2 Å². The summed E-state index contributed by atoms with van der Waals surface area (Å²) >= 11 is 6.34. The zero-order valence-electron chi connectivity index (χ0n) is 31.5. The number of halogens is 1. The smallest absolute Gasteiger partial charge is 0.342 e. The van der Waals surface area contributed by atoms with Crippen molar-refractivity contribution in [2.45, 2.75) is 125 Å². The maximum absolute atomic E-state index is 6.34. The van der Waals surface area contributed by atoms with Gasteiger partial charge in [-0.15, -0.1) is 0 Å². The van der Waals surface area contributed by atoms with E-state index in [2.05, 4.69) is 93.6 Å². The molecule has 2 aromatic carbocycles. The molecular weight excluding hydrogens is 670 g/mol. The molecule has 0 unspecified atom stereocenters. The maximum Gasteiger partial charge on any atom is 2.00 e. The van der Waals surface area contributed by atoms with E-state index in [0.717, 1.165) is 39.7 Å². The Bertz CT molecular complexity index is 1370. The van der Waals surface area contributed by atoms with E-state index in [4.69, 9.17) is 26.6 Å². The molecule has 0 spiro atoms. The molecule has 0 fully saturated rings. The Labute approximate surface area is 307 Å². The fraction of sp³-hybridized carbons (Fsp3) is 0.475. The van der Waals surface area contributed by atoms with Gasteiger partial charge in [-0.05, 0) is 68.5 Å². The van der Waals surface area contributed by atoms with Crippen molar-refractivity contribution in [2.24, 2.45) is 9.98 Å². The third-order valence-corrected chi connectivity index (χ3v) is 18.9. The molecule has 3 rings (SSSR count). The molecule has 3 nitrogen and oxygen atoms in total. The van der Waals surface area contributed by atoms with E-state index < -0.39 is 16.1 Å². The number of rotatable bonds is 11. The van der Waals surface area contributed by atoms with Crippen LogP contribution in [0.1, 0.15) is 103 Å². The third kappa shape index (κ3) is 14.3. The number of aromatic nitrogens is 1. The van der Waals surface area contributed by atoms with Gasteiger partial charge in [0, 0.05) is 0 Å². The summed E-state index contributed by atoms with van der Waals surface area (Å²) < 4.78 is 0. The summed E-state index contributed by atoms with van der Waals surface area (Å²) in [6.45, 7) is 34.6. The van der Waals surface area contributed by atoms with Crippen LogP contribution in [0.5, 0.6) is 0 Å². The zero-order chi connectivity index (χ0) is 35.1. The Morgan fingerprint density at radius 2 is 1.02 bits per heavy atom. The van der Waals surface area contributed by atoms with Gasteiger partial charge in [-0.25, -0.2) is 9.98 Å². The molecule has 0 aliphatic rings. The second-order valence-electron chi connectivity index (χ2n) is 13.0. The van der Waals surface area contributed by atoms with Crippen LogP contribution < -0.4 is 0 Å². The van der Waals surface area contributed by atoms with Crippen molar-refractivity contribution >= 4 is 50.5 Å². The minimum Gasteiger partial charge on any atom is -0.342 e. The van der Waals surface area contributed by atoms with Gasteiger partial charge >= 0.3 is 17.1 Å². The zero-order valence-corrected chi connectivity index (χ0v) is 35.4. The van der Waals surface area contributed by atoms with Crippen molar-refractivity contribution in [2.75, 3.05) is 0 Å². The first-order valence-electron chi connectivity index (χ1n) is 17.3. The monoisotopic (exact) mass is 731 g/mol. The van der Waals surface area contributed by atoms with Crippen LogP contribution in [0.2, 0.25) is 41.3 Å². The Hall–Kier alpha value is -1.83. The van der Waals surface area contributed by atoms with E-state index in [1.165, 1.54) is 47.4 Å². The van der Waals surface area contributed by atoms with Crippen LogP contribution in [0.4, 0.5) is 11.4 Å². The quantitative estimate of drug-likeness (QED) is 0.110. The fourth-order valence-electron chi connectivity index (χ4n) is 4.85. The van der Waals surface area contributed by atoms with Crippen molar-refractivity contribution in [3.05, 3.63) is 101 Å². The Kier molecular flexibility index (Phi) is 21.1. The van der Waals surface area contributed by atoms with Crippen LogP contribution in [-0.2, 0) is 17.1 Å². The molecule has 0 amide bonds. The topological polar surface area (TPSA) is 37.6 Å². The molecule has 0 radical (unpaired) electrons. The van der Waals surface area contributed by atoms with Crippen LogP contribution in [-0.4, -0.2) is 32.6 Å². The number of hydrogen-bond donors (Lipinski definition) is 0. The van der Waals surface area contributed by atoms with Crippen LogP contribution in [0.25, 0.3) is 0 Å². The second-order valence-corrected chi connectivity index (χ2v) is 23.6. The van der Waals surface area contributed by atoms with Crippen molar-refractivity contribution < 1.29 is 17.1 Å². The number of nitrogens with zero attached hydrogens (tertiary/aromatic N) is 3. The third-order valence-electron chi connectivity index (χ3n) is 9.63. The van der Waals surface area contributed by atoms with Gasteiger partial charge in [-0.1, -0.05) is 156 Å². The van der Waals surface area contributed by atoms with Gasteiger partial charge in [0.2, 0.25) is 0 Å². The second kappa shape index (κ2) is 22.0. The van der Waals surface area contributed by atoms with E-state index in [1.54, 1.807) is 0 Å². The van der Waals surface area contributed by atoms with Crippen LogP contribution in [0.15, 0.2) is 64.6 Å². The SMILES string of the molecule is CC(=Nc1c(C)cccc1Cl)c1cccc(C(C)=Nc2c(C)cccc2C(C)C)n1.[CH2-][Si](CC)(CC)CC.[CH2-][Si](CC)(CC)CC.[Fe+2]. The number of benzene rings is 2. The minimum absolute atomic E-state index is 0. The summed E-state index contributed by atoms with van der Waals surface area (Å²) in [5.41, 5.74) is 8.64. The minimum atomic E-state index is -0.921. The molecule has 1 heterocycles. The number of hydrogen-bond acceptors (Lipinski definition) is 3. The van der Waals surface area contributed by atoms with E-state index in [0.29, 0.717) is 10.9 Å². The van der Waals surface area contributed by atoms with Gasteiger partial charge in [0.25, 0.3) is 0 Å². The van der Waals surface area contributed by atoms with Gasteiger partial charge in [0.05, 0.1) is 39.2 Å². The molecule has 0 atom stereocenters. The summed E-state index contributed by atoms with van der Waals surface area (Å²) in [5.74, 6) is 0.406. The molecular formula is C40H62ClFeN3Si2. The Balaban J connectivity index is 0.00000103. The molecule has 0 saturated heterocycles. The Morgan fingerprint density at radius 3 is 1.38 bits per heavy atom. The molecule has 0 saturated carbocycles. The standard InChI is InChI=1S/C26H28ClN3.2C7H17Si.Fe/c1-16(2)21-12-7-10-17(3)25(21)28-19(5)23-14-9-15-24(30-23)20(6)29-26-18(4)11-8-13-22(26)27;2*1-5-8(4,6-2)7-3;/h7-16H,1-6H3;2*4-7H2,1-3H3;/q;2*-1;+2. The van der Waals surface area contributed by atoms with Crippen molar-refractivity contribution in [1.82, 2.24) is 4.98 Å². The molecule has 3 aromatic rings. The Morgan fingerprint density at radius 1 is 0.660 bits per heavy atom. The van der Waals surface area contributed by atoms with E-state index in [-0.39, 0.29) is 17.1 Å². The van der Waals surface area contributed by atoms with Gasteiger partial charge in [-0.3, -0.25) is 4.99 Å². The number of pyridine rings is 1. The summed E-state index contributed by atoms with van der Waals surface area (Å²) in [7, 11) is -1.84. The van der Waals surface area contributed by atoms with E-state index >= 15 is 0 Å². The molecule has 260 valence electrons. The van der Waals surface area contributed by atoms with Gasteiger partial charge in [-0.2, -0.15) is 0 Å². The molecule has 0 aliphatic heterocycles. The number of aryl methyl sites for hydroxylation is 2. The molecule has 47 heavy (non-hydrogen) atoms. The molecule has 0 bridgehead atoms. The molecule has 0 N–H and O–H groups in total. The summed E-state index contributed by atoms with van der Waals surface area (Å²) in [5, 5.41) is 0.643. The van der Waals surface area contributed by atoms with Gasteiger partial charge in [0.15, 0.2) is 0 Å². The molecule has 1 aromatic heterocycles. The summed E-state index contributed by atoms with van der Waals surface area (Å²) in [6.07, 6.45) is 0. The summed E-state index contributed by atoms with van der Waals surface area (Å²) in [4.78, 5) is 14.5. The van der Waals surface area contributed by atoms with E-state index in [9.17, 15) is 0 Å². The number of aliphatic imine (C=N–C) groups is 2. The first-order chi connectivity index (χ1) is 21.6. The largest absolute Gasteiger partial charge is 2.00 e. The fourth-order valence-corrected chi connectivity index (χ4v) is 8.12. The average molecular weight is 732 g/mol. The first kappa shape index (κ1) is 45.2. The molecule has 0 aliphatic carbocycles. The number of para-hydroxylation sites is 2. The van der Waals surface area contributed by atoms with Crippen molar-refractivity contribution in [3.8, 4) is 0 Å². The summed E-state index contributed by atoms with van der Waals surface area (Å²) in [6, 6.07) is 26.2. The van der Waals surface area contributed by atoms with Crippen LogP contribution in [0, 0.1) is 26.9 Å². The first-order valence-corrected chi connectivity index (χ1v) is 23.3. The van der Waals surface area contributed by atoms with Crippen LogP contribution in [0.3, 0.4) is 0 Å². The average Bonchev–Trinajstić information content (AvgIpc) is 3.07. The normalized spacial score (nSPS) is 12.1. The molecule has 7 heteroatoms. The van der Waals surface area contributed by atoms with Crippen molar-refractivity contribution in [1.29, 1.82) is 0 Å². The van der Waals surface area contributed by atoms with Crippen molar-refractivity contribution in [3.63, 3.8) is 0 Å². The van der Waals surface area contributed by atoms with Crippen LogP contribution >= 0.6 is 11.6 Å². The maximum atomic E-state index is 6.34.